The van der Waals surface area contributed by atoms with E-state index in [0.29, 0.717) is 0 Å². The summed E-state index contributed by atoms with van der Waals surface area (Å²) < 4.78 is 13.9. The quantitative estimate of drug-likeness (QED) is 0.706. The van der Waals surface area contributed by atoms with E-state index in [0.717, 1.165) is 17.0 Å². The molecule has 2 aromatic rings. The third kappa shape index (κ3) is 2.82. The zero-order valence-corrected chi connectivity index (χ0v) is 9.48. The van der Waals surface area contributed by atoms with Gasteiger partial charge in [-0.3, -0.25) is 4.98 Å². The number of fused-ring (bicyclic) bond motifs is 1. The van der Waals surface area contributed by atoms with Crippen molar-refractivity contribution in [3.8, 4) is 0 Å². The molecule has 1 aromatic carbocycles. The van der Waals surface area contributed by atoms with E-state index in [2.05, 4.69) is 9.71 Å². The minimum atomic E-state index is -0.948. The van der Waals surface area contributed by atoms with Crippen molar-refractivity contribution in [3.05, 3.63) is 60.4 Å². The summed E-state index contributed by atoms with van der Waals surface area (Å²) in [4.78, 5) is 4.72. The summed E-state index contributed by atoms with van der Waals surface area (Å²) in [6.07, 6.45) is 3.50. The van der Waals surface area contributed by atoms with Crippen LogP contribution in [0.15, 0.2) is 59.8 Å². The summed E-state index contributed by atoms with van der Waals surface area (Å²) in [5.74, 6) is 0. The van der Waals surface area contributed by atoms with E-state index in [1.165, 1.54) is 0 Å². The predicted molar refractivity (Wildman–Crippen MR) is 63.9 cm³/mol. The van der Waals surface area contributed by atoms with E-state index in [4.69, 9.17) is 0 Å². The van der Waals surface area contributed by atoms with Gasteiger partial charge in [-0.25, -0.2) is 0 Å². The molecule has 1 aromatic heterocycles. The summed E-state index contributed by atoms with van der Waals surface area (Å²) in [6, 6.07) is 13.5. The molecule has 1 atom stereocenters. The molecule has 1 N–H and O–H groups in total. The van der Waals surface area contributed by atoms with Crippen LogP contribution in [0.2, 0.25) is 0 Å². The Labute approximate surface area is 97.9 Å². The summed E-state index contributed by atoms with van der Waals surface area (Å²) in [5, 5.41) is 0. The Bertz CT molecular complexity index is 409. The molecule has 3 rings (SSSR count). The second-order valence-corrected chi connectivity index (χ2v) is 4.49. The molecule has 1 unspecified atom stereocenters. The van der Waals surface area contributed by atoms with Crippen molar-refractivity contribution in [3.63, 3.8) is 0 Å². The van der Waals surface area contributed by atoms with Gasteiger partial charge in [0.1, 0.15) is 0 Å². The number of rotatable bonds is 0. The number of pyridine rings is 1. The monoisotopic (exact) mass is 232 g/mol. The summed E-state index contributed by atoms with van der Waals surface area (Å²) in [6.45, 7) is 0.739. The van der Waals surface area contributed by atoms with Crippen LogP contribution in [0.3, 0.4) is 0 Å². The van der Waals surface area contributed by atoms with Crippen LogP contribution in [0.4, 0.5) is 0 Å². The van der Waals surface area contributed by atoms with Gasteiger partial charge in [0.05, 0.1) is 17.9 Å². The van der Waals surface area contributed by atoms with Crippen molar-refractivity contribution in [2.75, 3.05) is 0 Å². The molecule has 1 aliphatic rings. The van der Waals surface area contributed by atoms with Gasteiger partial charge in [0, 0.05) is 18.0 Å². The molecule has 0 radical (unpaired) electrons. The highest BCUT2D eigenvalue weighted by atomic mass is 32.2. The van der Waals surface area contributed by atoms with Crippen molar-refractivity contribution in [1.82, 2.24) is 9.71 Å². The van der Waals surface area contributed by atoms with E-state index in [1.54, 1.807) is 12.4 Å². The van der Waals surface area contributed by atoms with Gasteiger partial charge in [-0.2, -0.15) is 0 Å². The van der Waals surface area contributed by atoms with Crippen molar-refractivity contribution in [2.45, 2.75) is 11.4 Å². The summed E-state index contributed by atoms with van der Waals surface area (Å²) in [5.41, 5.74) is 1.15. The van der Waals surface area contributed by atoms with Crippen molar-refractivity contribution in [2.24, 2.45) is 0 Å². The first-order valence-corrected chi connectivity index (χ1v) is 6.11. The lowest BCUT2D eigenvalue weighted by Gasteiger charge is -1.99. The molecule has 0 spiro atoms. The molecule has 2 heterocycles. The fourth-order valence-electron chi connectivity index (χ4n) is 1.36. The Morgan fingerprint density at radius 2 is 1.81 bits per heavy atom. The van der Waals surface area contributed by atoms with Gasteiger partial charge in [-0.15, -0.1) is 4.72 Å². The number of aromatic nitrogens is 1. The number of hydrogen-bond acceptors (Lipinski definition) is 3. The average Bonchev–Trinajstić information content (AvgIpc) is 2.75. The molecule has 3 nitrogen and oxygen atoms in total. The van der Waals surface area contributed by atoms with E-state index < -0.39 is 11.4 Å². The van der Waals surface area contributed by atoms with Crippen molar-refractivity contribution < 1.29 is 4.55 Å². The lowest BCUT2D eigenvalue weighted by Crippen LogP contribution is -2.13. The maximum absolute atomic E-state index is 11.1. The van der Waals surface area contributed by atoms with E-state index in [9.17, 15) is 4.55 Å². The number of benzene rings is 1. The van der Waals surface area contributed by atoms with Gasteiger partial charge < -0.3 is 4.55 Å². The molecule has 82 valence electrons. The third-order valence-corrected chi connectivity index (χ3v) is 3.34. The van der Waals surface area contributed by atoms with Crippen LogP contribution in [-0.2, 0) is 17.9 Å². The largest absolute Gasteiger partial charge is 0.593 e. The van der Waals surface area contributed by atoms with E-state index >= 15 is 0 Å². The topological polar surface area (TPSA) is 48.0 Å². The molecule has 1 aliphatic heterocycles. The predicted octanol–water partition coefficient (Wildman–Crippen LogP) is 1.89. The second-order valence-electron chi connectivity index (χ2n) is 3.22. The highest BCUT2D eigenvalue weighted by Crippen LogP contribution is 2.20. The minimum Gasteiger partial charge on any atom is -0.593 e. The molecule has 0 amide bonds. The molecule has 0 fully saturated rings. The molecule has 16 heavy (non-hydrogen) atoms. The fraction of sp³-hybridized carbons (Fsp3) is 0.0833. The zero-order chi connectivity index (χ0) is 11.2. The summed E-state index contributed by atoms with van der Waals surface area (Å²) >= 11 is -0.948. The lowest BCUT2D eigenvalue weighted by molar-refractivity contribution is 0.588. The van der Waals surface area contributed by atoms with Crippen LogP contribution in [0, 0.1) is 0 Å². The van der Waals surface area contributed by atoms with E-state index in [-0.39, 0.29) is 0 Å². The smallest absolute Gasteiger partial charge is 0.178 e. The van der Waals surface area contributed by atoms with Crippen LogP contribution >= 0.6 is 0 Å². The van der Waals surface area contributed by atoms with Gasteiger partial charge in [0.15, 0.2) is 4.90 Å². The first-order chi connectivity index (χ1) is 7.88. The second kappa shape index (κ2) is 5.65. The lowest BCUT2D eigenvalue weighted by atomic mass is 10.2. The third-order valence-electron chi connectivity index (χ3n) is 2.13. The minimum absolute atomic E-state index is 0.739. The standard InChI is InChI=1S/C7H7NOS.C5H5N/c9-10-7-4-2-1-3-6(7)5-8-10;1-2-4-6-5-3-1/h1-4,8H,5H2;1-5H. The van der Waals surface area contributed by atoms with Gasteiger partial charge in [-0.1, -0.05) is 24.3 Å². The van der Waals surface area contributed by atoms with Crippen LogP contribution in [-0.4, -0.2) is 9.54 Å². The normalized spacial score (nSPS) is 17.2. The SMILES string of the molecule is [O-][S+]1NCc2ccccc21.c1ccncc1. The molecule has 0 aliphatic carbocycles. The van der Waals surface area contributed by atoms with Gasteiger partial charge in [0.2, 0.25) is 0 Å². The Kier molecular flexibility index (Phi) is 3.93. The molecular formula is C12H12N2OS. The molecule has 0 bridgehead atoms. The zero-order valence-electron chi connectivity index (χ0n) is 8.67. The maximum atomic E-state index is 11.1. The molecule has 0 saturated heterocycles. The van der Waals surface area contributed by atoms with Crippen LogP contribution in [0.1, 0.15) is 5.56 Å². The van der Waals surface area contributed by atoms with Crippen LogP contribution in [0.25, 0.3) is 0 Å². The average molecular weight is 232 g/mol. The highest BCUT2D eigenvalue weighted by molar-refractivity contribution is 7.89. The Morgan fingerprint density at radius 1 is 1.06 bits per heavy atom. The van der Waals surface area contributed by atoms with E-state index in [1.807, 2.05) is 42.5 Å². The maximum Gasteiger partial charge on any atom is 0.178 e. The number of nitrogens with zero attached hydrogens (tertiary/aromatic N) is 1. The van der Waals surface area contributed by atoms with Crippen molar-refractivity contribution >= 4 is 11.4 Å². The highest BCUT2D eigenvalue weighted by Gasteiger charge is 2.22. The number of nitrogens with one attached hydrogen (secondary N) is 1. The Morgan fingerprint density at radius 3 is 2.38 bits per heavy atom. The van der Waals surface area contributed by atoms with Gasteiger partial charge in [0.25, 0.3) is 0 Å². The van der Waals surface area contributed by atoms with Crippen LogP contribution < -0.4 is 4.72 Å². The molecule has 0 saturated carbocycles. The van der Waals surface area contributed by atoms with Gasteiger partial charge in [-0.05, 0) is 18.2 Å². The first-order valence-electron chi connectivity index (χ1n) is 4.96. The van der Waals surface area contributed by atoms with Gasteiger partial charge >= 0.3 is 0 Å². The fourth-order valence-corrected chi connectivity index (χ4v) is 2.39. The summed E-state index contributed by atoms with van der Waals surface area (Å²) in [7, 11) is 0. The number of hydrogen-bond donors (Lipinski definition) is 1. The molecular weight excluding hydrogens is 220 g/mol. The Hall–Kier alpha value is -1.36. The van der Waals surface area contributed by atoms with Crippen molar-refractivity contribution in [1.29, 1.82) is 0 Å². The molecule has 4 heteroatoms. The van der Waals surface area contributed by atoms with Crippen LogP contribution in [0.5, 0.6) is 0 Å². The Balaban J connectivity index is 0.000000138. The first kappa shape index (κ1) is 11.1.